The summed E-state index contributed by atoms with van der Waals surface area (Å²) in [6.45, 7) is 6.98. The highest BCUT2D eigenvalue weighted by Gasteiger charge is 2.30. The minimum atomic E-state index is -4.93. The summed E-state index contributed by atoms with van der Waals surface area (Å²) < 4.78 is 67.3. The molecule has 0 aromatic rings. The molecule has 0 heterocycles. The number of aliphatic hydroxyl groups is 1. The Kier molecular flexibility index (Phi) is 50.8. The van der Waals surface area contributed by atoms with Crippen LogP contribution in [0.2, 0.25) is 0 Å². The van der Waals surface area contributed by atoms with Crippen LogP contribution in [0.4, 0.5) is 0 Å². The molecule has 0 radical (unpaired) electrons. The number of hydrogen-bond donors (Lipinski definition) is 3. The fraction of sp³-hybridized carbons (Fsp3) is 0.931. The van der Waals surface area contributed by atoms with E-state index in [-0.39, 0.29) is 25.7 Å². The van der Waals surface area contributed by atoms with E-state index in [1.165, 1.54) is 103 Å². The predicted octanol–water partition coefficient (Wildman–Crippen LogP) is 15.5. The molecule has 19 heteroatoms. The third-order valence-corrected chi connectivity index (χ3v) is 15.2. The molecule has 456 valence electrons. The fourth-order valence-electron chi connectivity index (χ4n) is 8.52. The maximum Gasteiger partial charge on any atom is 0.472 e. The van der Waals surface area contributed by atoms with Crippen molar-refractivity contribution in [1.82, 2.24) is 0 Å². The van der Waals surface area contributed by atoms with Gasteiger partial charge in [0.2, 0.25) is 0 Å². The highest BCUT2D eigenvalue weighted by atomic mass is 31.2. The zero-order valence-electron chi connectivity index (χ0n) is 49.1. The first-order valence-electron chi connectivity index (χ1n) is 30.6. The van der Waals surface area contributed by atoms with Gasteiger partial charge in [-0.25, -0.2) is 9.13 Å². The van der Waals surface area contributed by atoms with Crippen molar-refractivity contribution in [3.05, 3.63) is 0 Å². The van der Waals surface area contributed by atoms with Gasteiger partial charge in [-0.1, -0.05) is 234 Å². The van der Waals surface area contributed by atoms with E-state index in [9.17, 15) is 43.2 Å². The van der Waals surface area contributed by atoms with Crippen LogP contribution in [0.5, 0.6) is 0 Å². The van der Waals surface area contributed by atoms with Crippen molar-refractivity contribution >= 4 is 39.5 Å². The molecule has 5 atom stereocenters. The average molecular weight is 1140 g/mol. The minimum Gasteiger partial charge on any atom is -0.462 e. The van der Waals surface area contributed by atoms with Gasteiger partial charge in [-0.3, -0.25) is 37.3 Å². The first-order valence-corrected chi connectivity index (χ1v) is 33.6. The van der Waals surface area contributed by atoms with Crippen molar-refractivity contribution < 1.29 is 80.2 Å². The van der Waals surface area contributed by atoms with Crippen LogP contribution in [0.25, 0.3) is 0 Å². The summed E-state index contributed by atoms with van der Waals surface area (Å²) in [5.41, 5.74) is 0. The van der Waals surface area contributed by atoms with E-state index in [0.717, 1.165) is 102 Å². The predicted molar refractivity (Wildman–Crippen MR) is 303 cm³/mol. The smallest absolute Gasteiger partial charge is 0.462 e. The highest BCUT2D eigenvalue weighted by molar-refractivity contribution is 7.47. The molecule has 0 aliphatic heterocycles. The van der Waals surface area contributed by atoms with Crippen molar-refractivity contribution in [1.29, 1.82) is 0 Å². The molecule has 0 aliphatic rings. The van der Waals surface area contributed by atoms with Crippen LogP contribution in [-0.4, -0.2) is 96.7 Å². The molecule has 0 saturated carbocycles. The van der Waals surface area contributed by atoms with Gasteiger partial charge in [0.1, 0.15) is 19.3 Å². The van der Waals surface area contributed by atoms with Gasteiger partial charge in [0.05, 0.1) is 26.4 Å². The molecule has 0 saturated heterocycles. The molecular formula is C58H112O17P2. The summed E-state index contributed by atoms with van der Waals surface area (Å²) in [6, 6.07) is 0. The maximum atomic E-state index is 12.9. The third kappa shape index (κ3) is 53.2. The zero-order chi connectivity index (χ0) is 57.1. The number of phosphoric ester groups is 2. The second-order valence-electron chi connectivity index (χ2n) is 21.5. The van der Waals surface area contributed by atoms with E-state index in [1.807, 2.05) is 0 Å². The number of hydrogen-bond acceptors (Lipinski definition) is 15. The van der Waals surface area contributed by atoms with Gasteiger partial charge < -0.3 is 33.8 Å². The van der Waals surface area contributed by atoms with E-state index in [2.05, 4.69) is 34.6 Å². The summed E-state index contributed by atoms with van der Waals surface area (Å²) in [5.74, 6) is -1.38. The van der Waals surface area contributed by atoms with Crippen LogP contribution in [0.15, 0.2) is 0 Å². The Labute approximate surface area is 467 Å². The lowest BCUT2D eigenvalue weighted by atomic mass is 10.0. The molecule has 2 unspecified atom stereocenters. The Hall–Kier alpha value is -1.94. The number of rotatable bonds is 58. The van der Waals surface area contributed by atoms with Gasteiger partial charge in [-0.05, 0) is 31.6 Å². The molecule has 0 fully saturated rings. The number of esters is 4. The lowest BCUT2D eigenvalue weighted by molar-refractivity contribution is -0.161. The lowest BCUT2D eigenvalue weighted by Gasteiger charge is -2.21. The molecule has 3 N–H and O–H groups in total. The van der Waals surface area contributed by atoms with E-state index in [0.29, 0.717) is 25.7 Å². The molecule has 0 bridgehead atoms. The number of ether oxygens (including phenoxy) is 4. The minimum absolute atomic E-state index is 0.0988. The Balaban J connectivity index is 5.11. The van der Waals surface area contributed by atoms with E-state index >= 15 is 0 Å². The van der Waals surface area contributed by atoms with Gasteiger partial charge in [-0.2, -0.15) is 0 Å². The average Bonchev–Trinajstić information content (AvgIpc) is 3.39. The molecule has 0 aliphatic carbocycles. The summed E-state index contributed by atoms with van der Waals surface area (Å²) >= 11 is 0. The van der Waals surface area contributed by atoms with Gasteiger partial charge in [-0.15, -0.1) is 0 Å². The first kappa shape index (κ1) is 75.1. The molecule has 77 heavy (non-hydrogen) atoms. The monoisotopic (exact) mass is 1140 g/mol. The largest absolute Gasteiger partial charge is 0.472 e. The van der Waals surface area contributed by atoms with E-state index < -0.39 is 97.5 Å². The van der Waals surface area contributed by atoms with Gasteiger partial charge in [0, 0.05) is 25.7 Å². The molecule has 0 rings (SSSR count). The number of carbonyl (C=O) groups excluding carboxylic acids is 4. The maximum absolute atomic E-state index is 12.9. The second kappa shape index (κ2) is 52.2. The summed E-state index contributed by atoms with van der Waals surface area (Å²) in [7, 11) is -9.85. The fourth-order valence-corrected chi connectivity index (χ4v) is 10.1. The molecule has 0 aromatic heterocycles. The Bertz CT molecular complexity index is 1520. The van der Waals surface area contributed by atoms with Crippen molar-refractivity contribution in [3.63, 3.8) is 0 Å². The SMILES string of the molecule is CCCCCCCCCCCCCC(=O)OC[C@H](COP(=O)(O)OC[C@@H](O)COP(=O)(O)OC[C@@H](COC(=O)CCCCCCC)OC(=O)CCCCCCC)OC(=O)CCCCCCCCCCCCCCCC(C)C. The molecule has 17 nitrogen and oxygen atoms in total. The lowest BCUT2D eigenvalue weighted by Crippen LogP contribution is -2.30. The van der Waals surface area contributed by atoms with Crippen molar-refractivity contribution in [3.8, 4) is 0 Å². The third-order valence-electron chi connectivity index (χ3n) is 13.3. The molecular weight excluding hydrogens is 1030 g/mol. The summed E-state index contributed by atoms with van der Waals surface area (Å²) in [6.07, 6.45) is 34.2. The number of unbranched alkanes of at least 4 members (excludes halogenated alkanes) is 30. The second-order valence-corrected chi connectivity index (χ2v) is 24.4. The summed E-state index contributed by atoms with van der Waals surface area (Å²) in [5, 5.41) is 10.5. The number of aliphatic hydroxyl groups excluding tert-OH is 1. The number of carbonyl (C=O) groups is 4. The quantitative estimate of drug-likeness (QED) is 0.0222. The van der Waals surface area contributed by atoms with Crippen LogP contribution in [-0.2, 0) is 65.4 Å². The molecule has 0 aromatic carbocycles. The van der Waals surface area contributed by atoms with Crippen LogP contribution in [0.1, 0.15) is 285 Å². The molecule has 0 amide bonds. The van der Waals surface area contributed by atoms with Gasteiger partial charge in [0.25, 0.3) is 0 Å². The van der Waals surface area contributed by atoms with Gasteiger partial charge in [0.15, 0.2) is 12.2 Å². The van der Waals surface area contributed by atoms with Crippen molar-refractivity contribution in [2.75, 3.05) is 39.6 Å². The van der Waals surface area contributed by atoms with Crippen LogP contribution >= 0.6 is 15.6 Å². The van der Waals surface area contributed by atoms with Crippen molar-refractivity contribution in [2.24, 2.45) is 5.92 Å². The van der Waals surface area contributed by atoms with Crippen LogP contribution in [0.3, 0.4) is 0 Å². The van der Waals surface area contributed by atoms with Gasteiger partial charge >= 0.3 is 39.5 Å². The number of phosphoric acid groups is 2. The van der Waals surface area contributed by atoms with E-state index in [1.54, 1.807) is 0 Å². The Morgan fingerprint density at radius 1 is 0.351 bits per heavy atom. The summed E-state index contributed by atoms with van der Waals surface area (Å²) in [4.78, 5) is 71.4. The van der Waals surface area contributed by atoms with Crippen molar-refractivity contribution in [2.45, 2.75) is 303 Å². The standard InChI is InChI=1S/C58H112O17P2/c1-6-9-12-15-16-17-21-25-28-33-37-42-56(61)69-48-54(75-58(63)44-39-34-29-26-23-20-18-19-22-24-27-32-35-40-51(4)5)50-73-77(66,67)71-46-52(59)45-70-76(64,65)72-49-53(74-57(62)43-38-31-14-11-8-3)47-68-55(60)41-36-30-13-10-7-2/h51-54,59H,6-50H2,1-5H3,(H,64,65)(H,66,67)/t52-,53+,54+/m0/s1. The highest BCUT2D eigenvalue weighted by Crippen LogP contribution is 2.45. The Morgan fingerprint density at radius 3 is 0.883 bits per heavy atom. The van der Waals surface area contributed by atoms with Crippen LogP contribution < -0.4 is 0 Å². The van der Waals surface area contributed by atoms with Crippen LogP contribution in [0, 0.1) is 5.92 Å². The normalized spacial score (nSPS) is 14.4. The Morgan fingerprint density at radius 2 is 0.597 bits per heavy atom. The van der Waals surface area contributed by atoms with E-state index in [4.69, 9.17) is 37.0 Å². The first-order chi connectivity index (χ1) is 37.0. The zero-order valence-corrected chi connectivity index (χ0v) is 50.9. The molecule has 0 spiro atoms. The topological polar surface area (TPSA) is 237 Å².